The first-order valence-electron chi connectivity index (χ1n) is 10.2. The van der Waals surface area contributed by atoms with E-state index in [-0.39, 0.29) is 41.2 Å². The number of thioether (sulfide) groups is 1. The van der Waals surface area contributed by atoms with E-state index in [0.29, 0.717) is 0 Å². The number of halogens is 1. The van der Waals surface area contributed by atoms with Crippen LogP contribution in [0.5, 0.6) is 0 Å². The molecule has 0 aliphatic carbocycles. The van der Waals surface area contributed by atoms with E-state index in [0.717, 1.165) is 22.7 Å². The molecule has 0 amide bonds. The number of fused-ring (bicyclic) bond motifs is 1. The maximum Gasteiger partial charge on any atom is 0.697 e. The average Bonchev–Trinajstić information content (AvgIpc) is 3.34. The SMILES string of the molecule is C#CC1(F)C(O)[C@@H](CO[P+](=O)OCCSC(=O)C(C)(C)CO)O[C@H]1n1cnc2c(=O)[nH]c(N)nc21. The fraction of sp³-hybridized carbons (Fsp3) is 0.579. The molecule has 1 fully saturated rings. The number of imidazole rings is 1. The maximum absolute atomic E-state index is 15.6. The molecule has 0 radical (unpaired) electrons. The predicted molar refractivity (Wildman–Crippen MR) is 123 cm³/mol. The molecule has 1 aliphatic heterocycles. The van der Waals surface area contributed by atoms with Gasteiger partial charge in [-0.15, -0.1) is 15.5 Å². The first kappa shape index (κ1) is 27.2. The number of nitrogens with two attached hydrogens (primary N) is 1. The minimum Gasteiger partial charge on any atom is -0.395 e. The van der Waals surface area contributed by atoms with Crippen LogP contribution in [0.4, 0.5) is 10.3 Å². The number of aromatic amines is 1. The van der Waals surface area contributed by atoms with Gasteiger partial charge in [-0.05, 0) is 13.8 Å². The first-order valence-corrected chi connectivity index (χ1v) is 12.3. The molecule has 3 unspecified atom stereocenters. The predicted octanol–water partition coefficient (Wildman–Crippen LogP) is 0.270. The summed E-state index contributed by atoms with van der Waals surface area (Å²) in [6.07, 6.45) is 1.51. The number of H-pyrrole nitrogens is 1. The van der Waals surface area contributed by atoms with Crippen LogP contribution in [0.2, 0.25) is 0 Å². The molecule has 1 saturated heterocycles. The molecule has 13 nitrogen and oxygen atoms in total. The minimum atomic E-state index is -2.77. The quantitative estimate of drug-likeness (QED) is 0.186. The normalized spacial score (nSPS) is 25.0. The van der Waals surface area contributed by atoms with Gasteiger partial charge in [0.05, 0.1) is 18.3 Å². The topological polar surface area (TPSA) is 192 Å². The Balaban J connectivity index is 1.61. The van der Waals surface area contributed by atoms with Gasteiger partial charge in [0.15, 0.2) is 22.5 Å². The highest BCUT2D eigenvalue weighted by atomic mass is 32.2. The Hall–Kier alpha value is -2.44. The number of anilines is 1. The first-order chi connectivity index (χ1) is 16.4. The molecule has 190 valence electrons. The zero-order valence-electron chi connectivity index (χ0n) is 18.7. The van der Waals surface area contributed by atoms with Crippen molar-refractivity contribution in [2.45, 2.75) is 38.0 Å². The van der Waals surface area contributed by atoms with E-state index in [1.165, 1.54) is 0 Å². The molecule has 5 atom stereocenters. The standard InChI is InChI=1S/C19H23FN5O8PS/c1-4-19(20)12(27)10(7-32-34(30)31-5-6-35-16(29)18(2,3)8-26)33-15(19)25-9-22-11-13(25)23-17(21)24-14(11)28/h1,9-10,12,15,26-27H,5-8H2,2-3H3,(H2-,21,23,24,28)/p+1/t10-,12?,15-,19?/m1/s1. The number of aliphatic hydroxyl groups excluding tert-OH is 2. The van der Waals surface area contributed by atoms with Crippen LogP contribution in [0.1, 0.15) is 20.1 Å². The lowest BCUT2D eigenvalue weighted by Gasteiger charge is -2.23. The lowest BCUT2D eigenvalue weighted by molar-refractivity contribution is -0.119. The van der Waals surface area contributed by atoms with Crippen molar-refractivity contribution >= 4 is 42.2 Å². The van der Waals surface area contributed by atoms with Gasteiger partial charge in [-0.1, -0.05) is 17.7 Å². The van der Waals surface area contributed by atoms with Gasteiger partial charge in [0, 0.05) is 10.3 Å². The summed E-state index contributed by atoms with van der Waals surface area (Å²) in [7, 11) is -2.69. The van der Waals surface area contributed by atoms with E-state index >= 15 is 4.39 Å². The van der Waals surface area contributed by atoms with Crippen molar-refractivity contribution < 1.29 is 37.7 Å². The van der Waals surface area contributed by atoms with E-state index in [4.69, 9.17) is 25.9 Å². The number of hydrogen-bond donors (Lipinski definition) is 4. The number of nitrogens with one attached hydrogen (secondary N) is 1. The van der Waals surface area contributed by atoms with Crippen LogP contribution in [-0.2, 0) is 23.1 Å². The van der Waals surface area contributed by atoms with Crippen LogP contribution < -0.4 is 11.3 Å². The Morgan fingerprint density at radius 2 is 2.26 bits per heavy atom. The summed E-state index contributed by atoms with van der Waals surface area (Å²) in [5.74, 6) is 1.77. The van der Waals surface area contributed by atoms with Crippen molar-refractivity contribution in [2.24, 2.45) is 5.41 Å². The Labute approximate surface area is 203 Å². The van der Waals surface area contributed by atoms with E-state index in [1.807, 2.05) is 5.92 Å². The number of terminal acetylenes is 1. The van der Waals surface area contributed by atoms with Gasteiger partial charge in [-0.3, -0.25) is 19.1 Å². The second kappa shape index (κ2) is 10.7. The fourth-order valence-corrected chi connectivity index (χ4v) is 4.62. The Kier molecular flexibility index (Phi) is 8.28. The molecule has 5 N–H and O–H groups in total. The van der Waals surface area contributed by atoms with Crippen molar-refractivity contribution in [3.63, 3.8) is 0 Å². The number of hydrogen-bond acceptors (Lipinski definition) is 12. The van der Waals surface area contributed by atoms with Crippen LogP contribution >= 0.6 is 20.0 Å². The third-order valence-corrected chi connectivity index (χ3v) is 7.11. The number of aromatic nitrogens is 4. The lowest BCUT2D eigenvalue weighted by atomic mass is 9.97. The highest BCUT2D eigenvalue weighted by Crippen LogP contribution is 2.43. The second-order valence-corrected chi connectivity index (χ2v) is 10.2. The molecule has 0 saturated carbocycles. The summed E-state index contributed by atoms with van der Waals surface area (Å²) >= 11 is 0.906. The van der Waals surface area contributed by atoms with Crippen molar-refractivity contribution in [1.82, 2.24) is 19.5 Å². The van der Waals surface area contributed by atoms with Gasteiger partial charge in [0.1, 0.15) is 25.4 Å². The Morgan fingerprint density at radius 1 is 1.54 bits per heavy atom. The summed E-state index contributed by atoms with van der Waals surface area (Å²) in [5.41, 5.74) is 0.935. The summed E-state index contributed by atoms with van der Waals surface area (Å²) in [5, 5.41) is 19.4. The molecule has 2 aromatic heterocycles. The number of ether oxygens (including phenoxy) is 1. The zero-order chi connectivity index (χ0) is 26.0. The van der Waals surface area contributed by atoms with Crippen molar-refractivity contribution in [1.29, 1.82) is 0 Å². The summed E-state index contributed by atoms with van der Waals surface area (Å²) in [6.45, 7) is 2.20. The van der Waals surface area contributed by atoms with Gasteiger partial charge in [-0.2, -0.15) is 4.98 Å². The molecule has 3 heterocycles. The van der Waals surface area contributed by atoms with E-state index in [1.54, 1.807) is 13.8 Å². The zero-order valence-corrected chi connectivity index (χ0v) is 20.4. The van der Waals surface area contributed by atoms with Gasteiger partial charge in [-0.25, -0.2) is 9.37 Å². The summed E-state index contributed by atoms with van der Waals surface area (Å²) in [6, 6.07) is 0. The largest absolute Gasteiger partial charge is 0.697 e. The van der Waals surface area contributed by atoms with Gasteiger partial charge < -0.3 is 20.7 Å². The number of alkyl halides is 1. The van der Waals surface area contributed by atoms with Crippen LogP contribution in [-0.4, -0.2) is 78.3 Å². The fourth-order valence-electron chi connectivity index (χ4n) is 3.10. The smallest absolute Gasteiger partial charge is 0.395 e. The molecule has 2 aromatic rings. The molecular formula is C19H24FN5O8PS+. The highest BCUT2D eigenvalue weighted by molar-refractivity contribution is 8.13. The van der Waals surface area contributed by atoms with E-state index in [2.05, 4.69) is 15.0 Å². The molecule has 16 heteroatoms. The third kappa shape index (κ3) is 5.54. The number of nitrogen functional groups attached to an aromatic ring is 1. The number of carbonyl (C=O) groups excluding carboxylic acids is 1. The molecule has 35 heavy (non-hydrogen) atoms. The molecular weight excluding hydrogens is 508 g/mol. The van der Waals surface area contributed by atoms with Crippen LogP contribution in [0.3, 0.4) is 0 Å². The average molecular weight is 532 g/mol. The van der Waals surface area contributed by atoms with E-state index < -0.39 is 49.9 Å². The van der Waals surface area contributed by atoms with Crippen LogP contribution in [0.25, 0.3) is 11.2 Å². The van der Waals surface area contributed by atoms with Crippen molar-refractivity contribution in [3.05, 3.63) is 16.7 Å². The number of carbonyl (C=O) groups is 1. The molecule has 3 rings (SSSR count). The highest BCUT2D eigenvalue weighted by Gasteiger charge is 2.58. The van der Waals surface area contributed by atoms with Crippen molar-refractivity contribution in [3.8, 4) is 12.3 Å². The van der Waals surface area contributed by atoms with Crippen LogP contribution in [0.15, 0.2) is 11.1 Å². The Bertz CT molecular complexity index is 1220. The summed E-state index contributed by atoms with van der Waals surface area (Å²) < 4.78 is 44.2. The molecule has 0 bridgehead atoms. The number of rotatable bonds is 10. The van der Waals surface area contributed by atoms with Gasteiger partial charge in [0.2, 0.25) is 11.6 Å². The summed E-state index contributed by atoms with van der Waals surface area (Å²) in [4.78, 5) is 34.0. The Morgan fingerprint density at radius 3 is 2.91 bits per heavy atom. The second-order valence-electron chi connectivity index (χ2n) is 8.19. The third-order valence-electron chi connectivity index (χ3n) is 5.18. The van der Waals surface area contributed by atoms with Gasteiger partial charge >= 0.3 is 8.25 Å². The minimum absolute atomic E-state index is 0.107. The molecule has 1 aliphatic rings. The number of nitrogens with zero attached hydrogens (tertiary/aromatic N) is 3. The lowest BCUT2D eigenvalue weighted by Crippen LogP contribution is -2.42. The maximum atomic E-state index is 15.6. The van der Waals surface area contributed by atoms with Crippen molar-refractivity contribution in [2.75, 3.05) is 31.3 Å². The monoisotopic (exact) mass is 532 g/mol. The molecule has 0 spiro atoms. The number of aliphatic hydroxyl groups is 2. The molecule has 0 aromatic carbocycles. The van der Waals surface area contributed by atoms with E-state index in [9.17, 15) is 24.4 Å². The van der Waals surface area contributed by atoms with Crippen LogP contribution in [0, 0.1) is 17.8 Å². The van der Waals surface area contributed by atoms with Gasteiger partial charge in [0.25, 0.3) is 5.56 Å².